The third kappa shape index (κ3) is 4.14. The zero-order valence-corrected chi connectivity index (χ0v) is 16.7. The number of nitrogens with zero attached hydrogens (tertiary/aromatic N) is 1. The van der Waals surface area contributed by atoms with Gasteiger partial charge in [-0.2, -0.15) is 0 Å². The first-order valence-electron chi connectivity index (χ1n) is 8.39. The normalized spacial score (nSPS) is 10.2. The number of hydrogen-bond donors (Lipinski definition) is 4. The number of aromatic nitrogens is 1. The predicted molar refractivity (Wildman–Crippen MR) is 116 cm³/mol. The number of anilines is 1. The lowest BCUT2D eigenvalue weighted by Gasteiger charge is -2.19. The number of halogens is 1. The van der Waals surface area contributed by atoms with E-state index < -0.39 is 17.3 Å². The first kappa shape index (κ1) is 22.1. The average molecular weight is 411 g/mol. The van der Waals surface area contributed by atoms with Crippen molar-refractivity contribution < 1.29 is 14.3 Å². The van der Waals surface area contributed by atoms with E-state index in [4.69, 9.17) is 11.5 Å². The molecule has 0 saturated heterocycles. The molecule has 2 aromatic carbocycles. The van der Waals surface area contributed by atoms with Gasteiger partial charge >= 0.3 is 0 Å². The first-order chi connectivity index (χ1) is 13.7. The summed E-state index contributed by atoms with van der Waals surface area (Å²) in [7, 11) is 4.19. The van der Waals surface area contributed by atoms with Crippen LogP contribution in [-0.4, -0.2) is 22.7 Å². The molecule has 29 heavy (non-hydrogen) atoms. The average Bonchev–Trinajstić information content (AvgIpc) is 2.69. The van der Waals surface area contributed by atoms with E-state index in [0.717, 1.165) is 4.57 Å². The van der Waals surface area contributed by atoms with Gasteiger partial charge in [0.15, 0.2) is 7.12 Å². The second-order valence-electron chi connectivity index (χ2n) is 6.25. The molecule has 0 fully saturated rings. The highest BCUT2D eigenvalue weighted by atomic mass is 32.1. The lowest BCUT2D eigenvalue weighted by molar-refractivity contribution is 0.100. The highest BCUT2D eigenvalue weighted by Crippen LogP contribution is 2.30. The molecule has 9 heteroatoms. The number of nitrogen functional groups attached to an aromatic ring is 1. The third-order valence-corrected chi connectivity index (χ3v) is 4.47. The Balaban J connectivity index is 0.00000145. The Bertz CT molecular complexity index is 1150. The molecule has 1 aromatic heterocycles. The van der Waals surface area contributed by atoms with E-state index in [1.54, 1.807) is 26.0 Å². The number of amides is 1. The third-order valence-electron chi connectivity index (χ3n) is 4.47. The fraction of sp³-hybridized carbons (Fsp3) is 0.100. The Kier molecular flexibility index (Phi) is 6.76. The Hall–Kier alpha value is -3.20. The fourth-order valence-electron chi connectivity index (χ4n) is 3.08. The van der Waals surface area contributed by atoms with E-state index in [1.165, 1.54) is 30.3 Å². The van der Waals surface area contributed by atoms with Gasteiger partial charge in [0.25, 0.3) is 11.5 Å². The number of benzene rings is 2. The summed E-state index contributed by atoms with van der Waals surface area (Å²) in [5.74, 6) is -1.53. The van der Waals surface area contributed by atoms with Crippen molar-refractivity contribution in [1.29, 1.82) is 0 Å². The molecule has 0 aliphatic rings. The van der Waals surface area contributed by atoms with Crippen LogP contribution in [0.3, 0.4) is 0 Å². The maximum Gasteiger partial charge on any atom is 0.264 e. The Morgan fingerprint density at radius 2 is 1.83 bits per heavy atom. The van der Waals surface area contributed by atoms with Gasteiger partial charge < -0.3 is 16.6 Å². The lowest BCUT2D eigenvalue weighted by atomic mass is 10.0. The van der Waals surface area contributed by atoms with Crippen LogP contribution >= 0.6 is 12.5 Å². The van der Waals surface area contributed by atoms with Gasteiger partial charge in [0.1, 0.15) is 17.4 Å². The van der Waals surface area contributed by atoms with Gasteiger partial charge in [-0.1, -0.05) is 18.2 Å². The van der Waals surface area contributed by atoms with Crippen molar-refractivity contribution in [1.82, 2.24) is 4.57 Å². The highest BCUT2D eigenvalue weighted by molar-refractivity contribution is 8.03. The second kappa shape index (κ2) is 8.87. The lowest BCUT2D eigenvalue weighted by Crippen LogP contribution is -2.28. The number of nitrogens with two attached hydrogens (primary N) is 2. The number of phenolic OH excluding ortho intramolecular Hbond substituents is 1. The van der Waals surface area contributed by atoms with Crippen LogP contribution < -0.4 is 17.0 Å². The second-order valence-corrected chi connectivity index (χ2v) is 6.25. The summed E-state index contributed by atoms with van der Waals surface area (Å²) in [5.41, 5.74) is 12.7. The summed E-state index contributed by atoms with van der Waals surface area (Å²) in [4.78, 5) is 25.1. The summed E-state index contributed by atoms with van der Waals surface area (Å²) in [5, 5.41) is 10.1. The number of carbonyl (C=O) groups is 1. The monoisotopic (exact) mass is 411 g/mol. The summed E-state index contributed by atoms with van der Waals surface area (Å²) in [6, 6.07) is 9.83. The van der Waals surface area contributed by atoms with Gasteiger partial charge in [-0.15, -0.1) is 0 Å². The van der Waals surface area contributed by atoms with Gasteiger partial charge in [0, 0.05) is 11.1 Å². The van der Waals surface area contributed by atoms with E-state index in [1.807, 2.05) is 0 Å². The quantitative estimate of drug-likeness (QED) is 0.392. The van der Waals surface area contributed by atoms with Crippen LogP contribution in [0.15, 0.2) is 47.3 Å². The molecule has 0 aliphatic heterocycles. The molecule has 1 heterocycles. The molecule has 148 valence electrons. The molecule has 0 unspecified atom stereocenters. The van der Waals surface area contributed by atoms with E-state index in [9.17, 15) is 19.1 Å². The van der Waals surface area contributed by atoms with Gasteiger partial charge in [-0.25, -0.2) is 16.9 Å². The number of pyridine rings is 1. The number of phenols is 1. The molecule has 0 saturated carbocycles. The number of rotatable bonds is 3. The topological polar surface area (TPSA) is 111 Å². The Labute approximate surface area is 173 Å². The molecular weight excluding hydrogens is 392 g/mol. The maximum absolute atomic E-state index is 13.7. The molecule has 1 amide bonds. The van der Waals surface area contributed by atoms with Gasteiger partial charge in [0.05, 0.1) is 11.3 Å². The van der Waals surface area contributed by atoms with E-state index in [2.05, 4.69) is 19.6 Å². The van der Waals surface area contributed by atoms with Crippen LogP contribution in [-0.2, 0) is 0 Å². The van der Waals surface area contributed by atoms with Gasteiger partial charge in [-0.3, -0.25) is 14.2 Å². The van der Waals surface area contributed by atoms with Crippen LogP contribution in [0.5, 0.6) is 5.75 Å². The van der Waals surface area contributed by atoms with Crippen molar-refractivity contribution in [2.75, 3.05) is 5.73 Å². The van der Waals surface area contributed by atoms with Crippen LogP contribution in [0.1, 0.15) is 21.5 Å². The molecule has 0 aliphatic carbocycles. The summed E-state index contributed by atoms with van der Waals surface area (Å²) in [6.07, 6.45) is 0. The molecule has 0 atom stereocenters. The molecule has 3 aromatic rings. The van der Waals surface area contributed by atoms with Crippen molar-refractivity contribution in [3.63, 3.8) is 0 Å². The van der Waals surface area contributed by atoms with Crippen molar-refractivity contribution >= 4 is 31.3 Å². The Morgan fingerprint density at radius 3 is 2.41 bits per heavy atom. The largest absolute Gasteiger partial charge is 0.508 e. The van der Waals surface area contributed by atoms with Crippen LogP contribution in [0.2, 0.25) is 0 Å². The van der Waals surface area contributed by atoms with Crippen molar-refractivity contribution in [2.24, 2.45) is 5.73 Å². The number of carbonyl (C=O) groups excluding carboxylic acids is 1. The fourth-order valence-corrected chi connectivity index (χ4v) is 3.08. The first-order valence-corrected chi connectivity index (χ1v) is 8.90. The Morgan fingerprint density at radius 1 is 1.17 bits per heavy atom. The minimum absolute atomic E-state index is 0.0290. The maximum atomic E-state index is 13.7. The summed E-state index contributed by atoms with van der Waals surface area (Å²) in [6.45, 7) is 3.37. The number of thiol groups is 1. The minimum Gasteiger partial charge on any atom is -0.508 e. The highest BCUT2D eigenvalue weighted by Gasteiger charge is 2.21. The number of aryl methyl sites for hydroxylation is 1. The van der Waals surface area contributed by atoms with Crippen LogP contribution in [0, 0.1) is 19.7 Å². The molecule has 5 N–H and O–H groups in total. The zero-order chi connectivity index (χ0) is 21.9. The molecular formula is C20H19BFN3O3S. The summed E-state index contributed by atoms with van der Waals surface area (Å²) >= 11 is 3.03. The molecule has 0 bridgehead atoms. The number of aromatic hydroxyl groups is 1. The van der Waals surface area contributed by atoms with E-state index in [0.29, 0.717) is 16.8 Å². The number of hydrogen-bond acceptors (Lipinski definition) is 5. The minimum atomic E-state index is -0.825. The van der Waals surface area contributed by atoms with E-state index in [-0.39, 0.29) is 28.3 Å². The van der Waals surface area contributed by atoms with E-state index >= 15 is 0 Å². The van der Waals surface area contributed by atoms with Gasteiger partial charge in [-0.05, 0) is 49.2 Å². The molecule has 2 radical (unpaired) electrons. The number of primary amides is 1. The smallest absolute Gasteiger partial charge is 0.264 e. The standard InChI is InChI=1S/C20H18FN3O3.BHS/c1-10-6-7-16(25)11(2)17(10)24-18(22)15(19(23)26)9-14(20(24)27)12-4-3-5-13(21)8-12;1-2/h3-9,25H,22H2,1-2H3,(H2,23,26);2H. The van der Waals surface area contributed by atoms with Crippen molar-refractivity contribution in [3.05, 3.63) is 75.3 Å². The zero-order valence-electron chi connectivity index (χ0n) is 15.8. The molecule has 6 nitrogen and oxygen atoms in total. The summed E-state index contributed by atoms with van der Waals surface area (Å²) < 4.78 is 14.8. The van der Waals surface area contributed by atoms with Gasteiger partial charge in [0.2, 0.25) is 0 Å². The van der Waals surface area contributed by atoms with Crippen LogP contribution in [0.4, 0.5) is 10.2 Å². The van der Waals surface area contributed by atoms with Crippen molar-refractivity contribution in [2.45, 2.75) is 13.8 Å². The van der Waals surface area contributed by atoms with Crippen LogP contribution in [0.25, 0.3) is 16.8 Å². The SMILES string of the molecule is Cc1ccc(O)c(C)c1-n1c(N)c(C(N)=O)cc(-c2cccc(F)c2)c1=O.[B]S. The molecule has 3 rings (SSSR count). The van der Waals surface area contributed by atoms with Crippen molar-refractivity contribution in [3.8, 4) is 22.6 Å². The predicted octanol–water partition coefficient (Wildman–Crippen LogP) is 2.65. The molecule has 0 spiro atoms.